The normalized spacial score (nSPS) is 18.0. The molecular formula is C20H27N3O2S. The van der Waals surface area contributed by atoms with E-state index in [1.165, 1.54) is 4.90 Å². The van der Waals surface area contributed by atoms with E-state index in [0.29, 0.717) is 18.5 Å². The first-order valence-corrected chi connectivity index (χ1v) is 10.0. The van der Waals surface area contributed by atoms with Crippen LogP contribution in [0.15, 0.2) is 24.3 Å². The minimum atomic E-state index is -0.891. The van der Waals surface area contributed by atoms with Gasteiger partial charge in [-0.1, -0.05) is 26.0 Å². The Labute approximate surface area is 158 Å². The molecule has 1 aliphatic heterocycles. The Kier molecular flexibility index (Phi) is 5.63. The molecule has 1 amide bonds. The predicted molar refractivity (Wildman–Crippen MR) is 107 cm³/mol. The maximum atomic E-state index is 11.6. The first-order chi connectivity index (χ1) is 12.4. The van der Waals surface area contributed by atoms with Crippen LogP contribution in [0.1, 0.15) is 44.7 Å². The average molecular weight is 374 g/mol. The van der Waals surface area contributed by atoms with E-state index in [1.54, 1.807) is 11.3 Å². The number of aromatic nitrogens is 1. The van der Waals surface area contributed by atoms with Gasteiger partial charge in [-0.05, 0) is 44.9 Å². The number of carboxylic acid groups (broad SMARTS) is 1. The van der Waals surface area contributed by atoms with Crippen LogP contribution < -0.4 is 0 Å². The maximum Gasteiger partial charge on any atom is 0.411 e. The standard InChI is InChI=1S/C20H27N3O2S/c1-5-22(13(2)3)12-19-21-16-10-15(7-9-18(16)26-19)17-8-6-14(4)11-23(17)20(24)25/h7-10,13-14H,5-6,11-12H2,1-4H3,(H,24,25). The zero-order valence-electron chi connectivity index (χ0n) is 15.9. The number of rotatable bonds is 5. The number of carbonyl (C=O) groups is 1. The SMILES string of the molecule is CCN(Cc1nc2cc(C3=CCC(C)CN3C(=O)O)ccc2s1)C(C)C. The highest BCUT2D eigenvalue weighted by molar-refractivity contribution is 7.18. The van der Waals surface area contributed by atoms with E-state index >= 15 is 0 Å². The highest BCUT2D eigenvalue weighted by Crippen LogP contribution is 2.31. The van der Waals surface area contributed by atoms with Gasteiger partial charge in [-0.2, -0.15) is 0 Å². The molecule has 5 nitrogen and oxygen atoms in total. The molecule has 26 heavy (non-hydrogen) atoms. The van der Waals surface area contributed by atoms with Crippen molar-refractivity contribution in [2.24, 2.45) is 5.92 Å². The van der Waals surface area contributed by atoms with Gasteiger partial charge in [-0.25, -0.2) is 9.78 Å². The third-order valence-electron chi connectivity index (χ3n) is 4.93. The number of allylic oxidation sites excluding steroid dienone is 1. The zero-order chi connectivity index (χ0) is 18.8. The number of amides is 1. The van der Waals surface area contributed by atoms with Gasteiger partial charge in [-0.3, -0.25) is 9.80 Å². The highest BCUT2D eigenvalue weighted by Gasteiger charge is 2.25. The lowest BCUT2D eigenvalue weighted by molar-refractivity contribution is 0.159. The van der Waals surface area contributed by atoms with Crippen molar-refractivity contribution in [2.75, 3.05) is 13.1 Å². The summed E-state index contributed by atoms with van der Waals surface area (Å²) >= 11 is 1.72. The summed E-state index contributed by atoms with van der Waals surface area (Å²) in [6.45, 7) is 11.0. The summed E-state index contributed by atoms with van der Waals surface area (Å²) in [6, 6.07) is 6.60. The second-order valence-corrected chi connectivity index (χ2v) is 8.39. The van der Waals surface area contributed by atoms with Gasteiger partial charge in [0.15, 0.2) is 0 Å². The topological polar surface area (TPSA) is 56.7 Å². The summed E-state index contributed by atoms with van der Waals surface area (Å²) in [4.78, 5) is 20.3. The van der Waals surface area contributed by atoms with Crippen LogP contribution in [0.2, 0.25) is 0 Å². The molecule has 0 spiro atoms. The van der Waals surface area contributed by atoms with Crippen molar-refractivity contribution in [3.8, 4) is 0 Å². The van der Waals surface area contributed by atoms with Crippen LogP contribution in [-0.4, -0.2) is 45.1 Å². The lowest BCUT2D eigenvalue weighted by Gasteiger charge is -2.29. The van der Waals surface area contributed by atoms with E-state index in [1.807, 2.05) is 18.2 Å². The fraction of sp³-hybridized carbons (Fsp3) is 0.500. The molecule has 0 saturated carbocycles. The van der Waals surface area contributed by atoms with Crippen LogP contribution in [0.25, 0.3) is 15.9 Å². The largest absolute Gasteiger partial charge is 0.465 e. The molecule has 0 bridgehead atoms. The Balaban J connectivity index is 1.90. The van der Waals surface area contributed by atoms with Crippen LogP contribution in [-0.2, 0) is 6.54 Å². The molecule has 1 aromatic heterocycles. The van der Waals surface area contributed by atoms with Crippen LogP contribution in [0, 0.1) is 5.92 Å². The monoisotopic (exact) mass is 373 g/mol. The average Bonchev–Trinajstić information content (AvgIpc) is 3.00. The quantitative estimate of drug-likeness (QED) is 0.811. The first kappa shape index (κ1) is 18.9. The van der Waals surface area contributed by atoms with E-state index in [4.69, 9.17) is 4.98 Å². The minimum absolute atomic E-state index is 0.348. The second-order valence-electron chi connectivity index (χ2n) is 7.27. The molecule has 2 aromatic rings. The third kappa shape index (κ3) is 3.91. The van der Waals surface area contributed by atoms with Gasteiger partial charge in [0, 0.05) is 18.2 Å². The van der Waals surface area contributed by atoms with Crippen LogP contribution in [0.3, 0.4) is 0 Å². The second kappa shape index (κ2) is 7.76. The van der Waals surface area contributed by atoms with Gasteiger partial charge < -0.3 is 5.11 Å². The molecule has 140 valence electrons. The lowest BCUT2D eigenvalue weighted by Crippen LogP contribution is -2.34. The van der Waals surface area contributed by atoms with E-state index in [2.05, 4.69) is 38.7 Å². The Morgan fingerprint density at radius 1 is 1.46 bits per heavy atom. The van der Waals surface area contributed by atoms with E-state index < -0.39 is 6.09 Å². The summed E-state index contributed by atoms with van der Waals surface area (Å²) in [6.07, 6.45) is 2.05. The first-order valence-electron chi connectivity index (χ1n) is 9.23. The molecule has 0 fully saturated rings. The van der Waals surface area contributed by atoms with Crippen molar-refractivity contribution in [1.29, 1.82) is 0 Å². The van der Waals surface area contributed by atoms with E-state index in [9.17, 15) is 9.90 Å². The summed E-state index contributed by atoms with van der Waals surface area (Å²) in [7, 11) is 0. The van der Waals surface area contributed by atoms with Crippen molar-refractivity contribution >= 4 is 33.3 Å². The molecule has 0 saturated heterocycles. The van der Waals surface area contributed by atoms with Crippen LogP contribution in [0.4, 0.5) is 4.79 Å². The number of thiazole rings is 1. The predicted octanol–water partition coefficient (Wildman–Crippen LogP) is 4.89. The summed E-state index contributed by atoms with van der Waals surface area (Å²) < 4.78 is 1.15. The van der Waals surface area contributed by atoms with Gasteiger partial charge >= 0.3 is 6.09 Å². The van der Waals surface area contributed by atoms with Gasteiger partial charge in [0.1, 0.15) is 5.01 Å². The number of fused-ring (bicyclic) bond motifs is 1. The number of benzene rings is 1. The summed E-state index contributed by atoms with van der Waals surface area (Å²) in [5, 5.41) is 10.7. The molecule has 1 aromatic carbocycles. The van der Waals surface area contributed by atoms with Crippen molar-refractivity contribution in [3.05, 3.63) is 34.8 Å². The molecule has 2 heterocycles. The van der Waals surface area contributed by atoms with Crippen LogP contribution in [0.5, 0.6) is 0 Å². The Morgan fingerprint density at radius 2 is 2.23 bits per heavy atom. The number of hydrogen-bond donors (Lipinski definition) is 1. The molecule has 3 rings (SSSR count). The molecule has 0 radical (unpaired) electrons. The van der Waals surface area contributed by atoms with Gasteiger partial charge in [-0.15, -0.1) is 11.3 Å². The van der Waals surface area contributed by atoms with Crippen LogP contribution >= 0.6 is 11.3 Å². The Hall–Kier alpha value is -1.92. The van der Waals surface area contributed by atoms with Gasteiger partial charge in [0.25, 0.3) is 0 Å². The van der Waals surface area contributed by atoms with Crippen molar-refractivity contribution in [3.63, 3.8) is 0 Å². The van der Waals surface area contributed by atoms with E-state index in [0.717, 1.165) is 46.0 Å². The van der Waals surface area contributed by atoms with Crippen molar-refractivity contribution in [2.45, 2.75) is 46.7 Å². The fourth-order valence-electron chi connectivity index (χ4n) is 3.40. The molecule has 0 aliphatic carbocycles. The summed E-state index contributed by atoms with van der Waals surface area (Å²) in [5.41, 5.74) is 2.66. The number of hydrogen-bond acceptors (Lipinski definition) is 4. The van der Waals surface area contributed by atoms with Gasteiger partial charge in [0.2, 0.25) is 0 Å². The smallest absolute Gasteiger partial charge is 0.411 e. The molecule has 1 atom stereocenters. The molecular weight excluding hydrogens is 346 g/mol. The maximum absolute atomic E-state index is 11.6. The lowest BCUT2D eigenvalue weighted by atomic mass is 9.98. The molecule has 6 heteroatoms. The third-order valence-corrected chi connectivity index (χ3v) is 5.95. The Bertz CT molecular complexity index is 828. The van der Waals surface area contributed by atoms with Crippen molar-refractivity contribution in [1.82, 2.24) is 14.8 Å². The highest BCUT2D eigenvalue weighted by atomic mass is 32.1. The van der Waals surface area contributed by atoms with Crippen molar-refractivity contribution < 1.29 is 9.90 Å². The fourth-order valence-corrected chi connectivity index (χ4v) is 4.37. The Morgan fingerprint density at radius 3 is 2.88 bits per heavy atom. The molecule has 1 unspecified atom stereocenters. The van der Waals surface area contributed by atoms with E-state index in [-0.39, 0.29) is 0 Å². The molecule has 1 N–H and O–H groups in total. The van der Waals surface area contributed by atoms with Gasteiger partial charge in [0.05, 0.1) is 22.5 Å². The molecule has 1 aliphatic rings. The summed E-state index contributed by atoms with van der Waals surface area (Å²) in [5.74, 6) is 0.348. The number of nitrogens with zero attached hydrogens (tertiary/aromatic N) is 3. The zero-order valence-corrected chi connectivity index (χ0v) is 16.7. The minimum Gasteiger partial charge on any atom is -0.465 e.